The van der Waals surface area contributed by atoms with Gasteiger partial charge in [-0.2, -0.15) is 0 Å². The first kappa shape index (κ1) is 24.5. The fourth-order valence-electron chi connectivity index (χ4n) is 6.00. The summed E-state index contributed by atoms with van der Waals surface area (Å²) >= 11 is 0. The molecule has 3 heteroatoms. The number of nitrogens with one attached hydrogen (secondary N) is 2. The van der Waals surface area contributed by atoms with E-state index in [0.29, 0.717) is 18.1 Å². The Hall–Kier alpha value is 0.270. The Bertz CT molecular complexity index is 428. The Balaban J connectivity index is 2.43. The summed E-state index contributed by atoms with van der Waals surface area (Å²) in [5.74, 6) is 1.48. The highest BCUT2D eigenvalue weighted by Crippen LogP contribution is 2.64. The van der Waals surface area contributed by atoms with E-state index >= 15 is 0 Å². The van der Waals surface area contributed by atoms with E-state index in [2.05, 4.69) is 51.5 Å². The maximum Gasteiger partial charge on any atom is 0.0621 e. The molecule has 1 heterocycles. The van der Waals surface area contributed by atoms with Gasteiger partial charge in [-0.3, -0.25) is 0 Å². The topological polar surface area (TPSA) is 24.1 Å². The third kappa shape index (κ3) is 6.38. The minimum Gasteiger partial charge on any atom is -0.309 e. The van der Waals surface area contributed by atoms with Crippen LogP contribution in [0.25, 0.3) is 0 Å². The largest absolute Gasteiger partial charge is 0.309 e. The molecule has 0 aromatic rings. The minimum absolute atomic E-state index is 0.231. The summed E-state index contributed by atoms with van der Waals surface area (Å²) in [6, 6.07) is 1.70. The van der Waals surface area contributed by atoms with Crippen molar-refractivity contribution in [3.8, 4) is 0 Å². The molecule has 1 saturated carbocycles. The molecule has 2 nitrogen and oxygen atoms in total. The van der Waals surface area contributed by atoms with Crippen LogP contribution in [0.1, 0.15) is 118 Å². The maximum absolute atomic E-state index is 4.22. The molecule has 3 unspecified atom stereocenters. The number of hydrogen-bond donors (Lipinski definition) is 2. The lowest BCUT2D eigenvalue weighted by Crippen LogP contribution is -2.64. The predicted octanol–water partition coefficient (Wildman–Crippen LogP) is 6.97. The van der Waals surface area contributed by atoms with Gasteiger partial charge >= 0.3 is 0 Å². The zero-order chi connectivity index (χ0) is 20.6. The van der Waals surface area contributed by atoms with Crippen molar-refractivity contribution in [1.82, 2.24) is 10.6 Å². The van der Waals surface area contributed by atoms with E-state index in [0.717, 1.165) is 5.25 Å². The van der Waals surface area contributed by atoms with Gasteiger partial charge in [-0.25, -0.2) is 10.0 Å². The van der Waals surface area contributed by atoms with E-state index in [4.69, 9.17) is 0 Å². The van der Waals surface area contributed by atoms with Crippen molar-refractivity contribution >= 4 is 10.0 Å². The zero-order valence-corrected chi connectivity index (χ0v) is 20.9. The van der Waals surface area contributed by atoms with Crippen LogP contribution in [0.2, 0.25) is 0 Å². The van der Waals surface area contributed by atoms with E-state index in [-0.39, 0.29) is 4.87 Å². The first-order chi connectivity index (χ1) is 13.3. The number of rotatable bonds is 5. The Kier molecular flexibility index (Phi) is 10.2. The van der Waals surface area contributed by atoms with Gasteiger partial charge in [0.2, 0.25) is 0 Å². The summed E-state index contributed by atoms with van der Waals surface area (Å²) in [6.45, 7) is 12.1. The van der Waals surface area contributed by atoms with Crippen molar-refractivity contribution in [2.45, 2.75) is 146 Å². The molecule has 0 spiro atoms. The SMILES string of the molecule is CC(C)NC1CCCCCCS(C)(C2CCCCCCCC2)C1(C)NC(C)C. The van der Waals surface area contributed by atoms with Crippen LogP contribution >= 0.6 is 10.0 Å². The second-order valence-electron chi connectivity index (χ2n) is 10.7. The number of hydrogen-bond acceptors (Lipinski definition) is 2. The van der Waals surface area contributed by atoms with Crippen LogP contribution in [0.4, 0.5) is 0 Å². The van der Waals surface area contributed by atoms with E-state index in [1.165, 1.54) is 89.2 Å². The summed E-state index contributed by atoms with van der Waals surface area (Å²) in [6.07, 6.45) is 21.6. The third-order valence-corrected chi connectivity index (χ3v) is 13.0. The van der Waals surface area contributed by atoms with Crippen molar-refractivity contribution in [3.05, 3.63) is 0 Å². The van der Waals surface area contributed by atoms with Gasteiger partial charge in [0.15, 0.2) is 0 Å². The predicted molar refractivity (Wildman–Crippen MR) is 131 cm³/mol. The molecule has 168 valence electrons. The van der Waals surface area contributed by atoms with Crippen LogP contribution in [0.3, 0.4) is 0 Å². The molecule has 28 heavy (non-hydrogen) atoms. The van der Waals surface area contributed by atoms with Crippen molar-refractivity contribution in [2.75, 3.05) is 12.0 Å². The molecular formula is C25H52N2S. The Morgan fingerprint density at radius 2 is 1.21 bits per heavy atom. The highest BCUT2D eigenvalue weighted by Gasteiger charge is 2.49. The summed E-state index contributed by atoms with van der Waals surface area (Å²) in [4.78, 5) is 0.231. The quantitative estimate of drug-likeness (QED) is 0.509. The summed E-state index contributed by atoms with van der Waals surface area (Å²) in [7, 11) is -0.785. The minimum atomic E-state index is -0.785. The molecule has 2 aliphatic rings. The van der Waals surface area contributed by atoms with E-state index in [9.17, 15) is 0 Å². The average molecular weight is 413 g/mol. The Morgan fingerprint density at radius 1 is 0.714 bits per heavy atom. The lowest BCUT2D eigenvalue weighted by atomic mass is 9.99. The van der Waals surface area contributed by atoms with Crippen molar-refractivity contribution in [1.29, 1.82) is 0 Å². The van der Waals surface area contributed by atoms with Gasteiger partial charge in [-0.1, -0.05) is 71.6 Å². The molecule has 2 fully saturated rings. The summed E-state index contributed by atoms with van der Waals surface area (Å²) < 4.78 is 0. The monoisotopic (exact) mass is 412 g/mol. The van der Waals surface area contributed by atoms with Gasteiger partial charge in [-0.15, -0.1) is 0 Å². The average Bonchev–Trinajstić information content (AvgIpc) is 2.78. The molecule has 3 atom stereocenters. The molecule has 0 radical (unpaired) electrons. The van der Waals surface area contributed by atoms with Crippen molar-refractivity contribution in [3.63, 3.8) is 0 Å². The molecule has 1 aliphatic heterocycles. The smallest absolute Gasteiger partial charge is 0.0621 e. The zero-order valence-electron chi connectivity index (χ0n) is 20.1. The first-order valence-corrected chi connectivity index (χ1v) is 14.8. The summed E-state index contributed by atoms with van der Waals surface area (Å²) in [5, 5.41) is 9.23. The van der Waals surface area contributed by atoms with E-state index in [1.807, 2.05) is 0 Å². The molecule has 1 aliphatic carbocycles. The Labute approximate surface area is 179 Å². The molecule has 2 rings (SSSR count). The van der Waals surface area contributed by atoms with Crippen LogP contribution in [0.5, 0.6) is 0 Å². The van der Waals surface area contributed by atoms with Gasteiger partial charge in [-0.05, 0) is 63.7 Å². The van der Waals surface area contributed by atoms with Gasteiger partial charge in [0.25, 0.3) is 0 Å². The third-order valence-electron chi connectivity index (χ3n) is 7.59. The van der Waals surface area contributed by atoms with Crippen LogP contribution in [-0.4, -0.2) is 40.3 Å². The van der Waals surface area contributed by atoms with Gasteiger partial charge in [0, 0.05) is 18.1 Å². The van der Waals surface area contributed by atoms with Crippen LogP contribution in [0.15, 0.2) is 0 Å². The highest BCUT2D eigenvalue weighted by molar-refractivity contribution is 8.34. The van der Waals surface area contributed by atoms with Crippen molar-refractivity contribution in [2.24, 2.45) is 0 Å². The maximum atomic E-state index is 4.22. The van der Waals surface area contributed by atoms with Gasteiger partial charge in [0.05, 0.1) is 4.87 Å². The molecule has 0 amide bonds. The van der Waals surface area contributed by atoms with Crippen LogP contribution in [0, 0.1) is 0 Å². The fourth-order valence-corrected chi connectivity index (χ4v) is 11.0. The summed E-state index contributed by atoms with van der Waals surface area (Å²) in [5.41, 5.74) is 0. The van der Waals surface area contributed by atoms with Crippen LogP contribution < -0.4 is 10.6 Å². The lowest BCUT2D eigenvalue weighted by molar-refractivity contribution is 0.293. The molecule has 2 N–H and O–H groups in total. The van der Waals surface area contributed by atoms with Gasteiger partial charge < -0.3 is 10.6 Å². The van der Waals surface area contributed by atoms with E-state index < -0.39 is 10.0 Å². The van der Waals surface area contributed by atoms with E-state index in [1.54, 1.807) is 0 Å². The fraction of sp³-hybridized carbons (Fsp3) is 1.00. The normalized spacial score (nSPS) is 37.2. The second-order valence-corrected chi connectivity index (χ2v) is 14.9. The first-order valence-electron chi connectivity index (χ1n) is 12.6. The molecule has 1 saturated heterocycles. The lowest BCUT2D eigenvalue weighted by Gasteiger charge is -2.61. The Morgan fingerprint density at radius 3 is 1.75 bits per heavy atom. The van der Waals surface area contributed by atoms with Crippen LogP contribution in [-0.2, 0) is 0 Å². The molecular weight excluding hydrogens is 360 g/mol. The second kappa shape index (κ2) is 11.6. The van der Waals surface area contributed by atoms with Gasteiger partial charge in [0.1, 0.15) is 0 Å². The molecule has 0 aromatic heterocycles. The highest BCUT2D eigenvalue weighted by atomic mass is 32.3. The molecule has 0 bridgehead atoms. The standard InChI is InChI=1S/C25H52N2S/c1-21(2)26-24-19-15-11-12-16-20-28(6,25(24,5)27-22(3)4)23-17-13-9-7-8-10-14-18-23/h21-24,26-27H,7-20H2,1-6H3. The molecule has 0 aromatic carbocycles. The van der Waals surface area contributed by atoms with Crippen molar-refractivity contribution < 1.29 is 0 Å².